The molecule has 1 saturated carbocycles. The summed E-state index contributed by atoms with van der Waals surface area (Å²) in [7, 11) is -0.521. The minimum atomic E-state index is -3.60. The average molecular weight is 314 g/mol. The summed E-state index contributed by atoms with van der Waals surface area (Å²) in [4.78, 5) is 0. The van der Waals surface area contributed by atoms with Crippen molar-refractivity contribution in [2.45, 2.75) is 25.5 Å². The van der Waals surface area contributed by atoms with E-state index in [0.717, 1.165) is 18.4 Å². The van der Waals surface area contributed by atoms with E-state index in [-0.39, 0.29) is 19.0 Å². The summed E-state index contributed by atoms with van der Waals surface area (Å²) < 4.78 is 33.0. The maximum Gasteiger partial charge on any atom is 0.279 e. The molecule has 0 heterocycles. The van der Waals surface area contributed by atoms with Gasteiger partial charge in [0.05, 0.1) is 13.2 Å². The molecule has 0 bridgehead atoms. The van der Waals surface area contributed by atoms with Crippen LogP contribution in [0.25, 0.3) is 0 Å². The highest BCUT2D eigenvalue weighted by Gasteiger charge is 2.30. The van der Waals surface area contributed by atoms with Crippen LogP contribution in [0.1, 0.15) is 18.4 Å². The first kappa shape index (κ1) is 16.2. The summed E-state index contributed by atoms with van der Waals surface area (Å²) >= 11 is 0. The smallest absolute Gasteiger partial charge is 0.279 e. The van der Waals surface area contributed by atoms with Crippen LogP contribution in [0.2, 0.25) is 0 Å². The Kier molecular flexibility index (Phi) is 5.21. The van der Waals surface area contributed by atoms with Crippen LogP contribution in [-0.2, 0) is 16.8 Å². The Labute approximate surface area is 125 Å². The van der Waals surface area contributed by atoms with Crippen LogP contribution in [0.5, 0.6) is 5.75 Å². The van der Waals surface area contributed by atoms with Crippen molar-refractivity contribution in [1.29, 1.82) is 0 Å². The number of nitrogens with one attached hydrogen (secondary N) is 1. The molecule has 1 aromatic carbocycles. The number of methoxy groups -OCH3 is 1. The van der Waals surface area contributed by atoms with Crippen molar-refractivity contribution in [3.8, 4) is 5.75 Å². The number of benzene rings is 1. The van der Waals surface area contributed by atoms with Gasteiger partial charge in [-0.15, -0.1) is 0 Å². The molecule has 0 amide bonds. The van der Waals surface area contributed by atoms with Crippen molar-refractivity contribution in [1.82, 2.24) is 9.03 Å². The third-order valence-corrected chi connectivity index (χ3v) is 5.07. The summed E-state index contributed by atoms with van der Waals surface area (Å²) in [5.41, 5.74) is 0.838. The van der Waals surface area contributed by atoms with E-state index in [1.165, 1.54) is 11.4 Å². The Balaban J connectivity index is 1.91. The second kappa shape index (κ2) is 6.74. The zero-order chi connectivity index (χ0) is 15.5. The van der Waals surface area contributed by atoms with Crippen molar-refractivity contribution in [3.63, 3.8) is 0 Å². The molecule has 1 atom stereocenters. The number of nitrogens with zero attached hydrogens (tertiary/aromatic N) is 1. The number of aliphatic hydroxyl groups excluding tert-OH is 1. The molecule has 2 rings (SSSR count). The molecule has 6 nitrogen and oxygen atoms in total. The lowest BCUT2D eigenvalue weighted by Gasteiger charge is -2.19. The van der Waals surface area contributed by atoms with Gasteiger partial charge in [0.1, 0.15) is 5.75 Å². The second-order valence-corrected chi connectivity index (χ2v) is 7.23. The van der Waals surface area contributed by atoms with E-state index in [4.69, 9.17) is 4.74 Å². The predicted molar refractivity (Wildman–Crippen MR) is 80.1 cm³/mol. The zero-order valence-electron chi connectivity index (χ0n) is 12.3. The third kappa shape index (κ3) is 4.67. The van der Waals surface area contributed by atoms with Crippen LogP contribution in [-0.4, -0.2) is 44.6 Å². The summed E-state index contributed by atoms with van der Waals surface area (Å²) in [6.45, 7) is 0.307. The van der Waals surface area contributed by atoms with E-state index in [1.54, 1.807) is 13.2 Å². The largest absolute Gasteiger partial charge is 0.497 e. The van der Waals surface area contributed by atoms with Gasteiger partial charge in [-0.2, -0.15) is 17.4 Å². The molecule has 2 N–H and O–H groups in total. The first-order chi connectivity index (χ1) is 9.92. The maximum atomic E-state index is 12.1. The van der Waals surface area contributed by atoms with Gasteiger partial charge in [-0.3, -0.25) is 0 Å². The van der Waals surface area contributed by atoms with E-state index in [9.17, 15) is 13.5 Å². The molecule has 0 aliphatic heterocycles. The first-order valence-electron chi connectivity index (χ1n) is 6.94. The SMILES string of the molecule is COc1cccc(CN(C)S(=O)(=O)NCC(O)C2CC2)c1. The molecule has 7 heteroatoms. The number of rotatable bonds is 8. The molecule has 1 unspecified atom stereocenters. The van der Waals surface area contributed by atoms with Gasteiger partial charge in [0, 0.05) is 20.1 Å². The third-order valence-electron chi connectivity index (χ3n) is 3.59. The van der Waals surface area contributed by atoms with E-state index < -0.39 is 16.3 Å². The van der Waals surface area contributed by atoms with Crippen molar-refractivity contribution >= 4 is 10.2 Å². The van der Waals surface area contributed by atoms with Gasteiger partial charge in [0.25, 0.3) is 10.2 Å². The van der Waals surface area contributed by atoms with E-state index >= 15 is 0 Å². The Morgan fingerprint density at radius 3 is 2.81 bits per heavy atom. The lowest BCUT2D eigenvalue weighted by Crippen LogP contribution is -2.41. The molecule has 0 aromatic heterocycles. The molecule has 1 aliphatic rings. The topological polar surface area (TPSA) is 78.9 Å². The van der Waals surface area contributed by atoms with Crippen LogP contribution < -0.4 is 9.46 Å². The molecule has 1 aromatic rings. The maximum absolute atomic E-state index is 12.1. The number of aliphatic hydroxyl groups is 1. The van der Waals surface area contributed by atoms with E-state index in [0.29, 0.717) is 5.75 Å². The Morgan fingerprint density at radius 2 is 2.19 bits per heavy atom. The molecule has 21 heavy (non-hydrogen) atoms. The fraction of sp³-hybridized carbons (Fsp3) is 0.571. The van der Waals surface area contributed by atoms with Crippen molar-refractivity contribution in [2.24, 2.45) is 5.92 Å². The molecule has 118 valence electrons. The summed E-state index contributed by atoms with van der Waals surface area (Å²) in [6, 6.07) is 7.26. The van der Waals surface area contributed by atoms with Crippen LogP contribution in [0.15, 0.2) is 24.3 Å². The Morgan fingerprint density at radius 1 is 1.48 bits per heavy atom. The predicted octanol–water partition coefficient (Wildman–Crippen LogP) is 0.732. The molecular formula is C14H22N2O4S. The number of hydrogen-bond acceptors (Lipinski definition) is 4. The second-order valence-electron chi connectivity index (χ2n) is 5.37. The van der Waals surface area contributed by atoms with Gasteiger partial charge in [0.15, 0.2) is 0 Å². The molecule has 1 aliphatic carbocycles. The summed E-state index contributed by atoms with van der Waals surface area (Å²) in [6.07, 6.45) is 1.36. The molecule has 0 saturated heterocycles. The van der Waals surface area contributed by atoms with E-state index in [1.807, 2.05) is 18.2 Å². The lowest BCUT2D eigenvalue weighted by atomic mass is 10.2. The minimum absolute atomic E-state index is 0.0649. The standard InChI is InChI=1S/C14H22N2O4S/c1-16(10-11-4-3-5-13(8-11)20-2)21(18,19)15-9-14(17)12-6-7-12/h3-5,8,12,14-15,17H,6-7,9-10H2,1-2H3. The quantitative estimate of drug-likeness (QED) is 0.741. The monoisotopic (exact) mass is 314 g/mol. The normalized spacial score (nSPS) is 17.0. The van der Waals surface area contributed by atoms with Gasteiger partial charge in [-0.1, -0.05) is 12.1 Å². The van der Waals surface area contributed by atoms with Crippen LogP contribution in [0.4, 0.5) is 0 Å². The molecule has 0 radical (unpaired) electrons. The molecule has 0 spiro atoms. The van der Waals surface area contributed by atoms with Crippen molar-refractivity contribution in [2.75, 3.05) is 20.7 Å². The number of ether oxygens (including phenoxy) is 1. The first-order valence-corrected chi connectivity index (χ1v) is 8.38. The molecule has 1 fully saturated rings. The fourth-order valence-electron chi connectivity index (χ4n) is 2.06. The summed E-state index contributed by atoms with van der Waals surface area (Å²) in [5.74, 6) is 0.937. The van der Waals surface area contributed by atoms with Crippen LogP contribution in [0.3, 0.4) is 0 Å². The van der Waals surface area contributed by atoms with Crippen molar-refractivity contribution in [3.05, 3.63) is 29.8 Å². The summed E-state index contributed by atoms with van der Waals surface area (Å²) in [5, 5.41) is 9.73. The van der Waals surface area contributed by atoms with Crippen molar-refractivity contribution < 1.29 is 18.3 Å². The Hall–Kier alpha value is -1.15. The highest BCUT2D eigenvalue weighted by atomic mass is 32.2. The van der Waals surface area contributed by atoms with Gasteiger partial charge in [0.2, 0.25) is 0 Å². The highest BCUT2D eigenvalue weighted by molar-refractivity contribution is 7.87. The number of hydrogen-bond donors (Lipinski definition) is 2. The Bertz CT molecular complexity index is 572. The fourth-order valence-corrected chi connectivity index (χ4v) is 2.98. The van der Waals surface area contributed by atoms with Crippen LogP contribution >= 0.6 is 0 Å². The molecular weight excluding hydrogens is 292 g/mol. The van der Waals surface area contributed by atoms with Gasteiger partial charge in [-0.05, 0) is 36.5 Å². The average Bonchev–Trinajstić information content (AvgIpc) is 3.29. The van der Waals surface area contributed by atoms with Gasteiger partial charge < -0.3 is 9.84 Å². The van der Waals surface area contributed by atoms with E-state index in [2.05, 4.69) is 4.72 Å². The van der Waals surface area contributed by atoms with Gasteiger partial charge in [-0.25, -0.2) is 0 Å². The highest BCUT2D eigenvalue weighted by Crippen LogP contribution is 2.32. The minimum Gasteiger partial charge on any atom is -0.497 e. The van der Waals surface area contributed by atoms with Crippen LogP contribution in [0, 0.1) is 5.92 Å². The zero-order valence-corrected chi connectivity index (χ0v) is 13.1. The lowest BCUT2D eigenvalue weighted by molar-refractivity contribution is 0.154. The van der Waals surface area contributed by atoms with Gasteiger partial charge >= 0.3 is 0 Å².